The van der Waals surface area contributed by atoms with E-state index < -0.39 is 18.4 Å². The van der Waals surface area contributed by atoms with Gasteiger partial charge in [-0.2, -0.15) is 0 Å². The van der Waals surface area contributed by atoms with Gasteiger partial charge in [0, 0.05) is 13.1 Å². The Morgan fingerprint density at radius 2 is 1.92 bits per heavy atom. The van der Waals surface area contributed by atoms with Crippen molar-refractivity contribution in [3.05, 3.63) is 29.8 Å². The zero-order valence-electron chi connectivity index (χ0n) is 16.0. The van der Waals surface area contributed by atoms with E-state index in [-0.39, 0.29) is 12.0 Å². The molecule has 1 aromatic carbocycles. The maximum absolute atomic E-state index is 12.2. The number of carbonyl (C=O) groups excluding carboxylic acids is 1. The second-order valence-corrected chi connectivity index (χ2v) is 7.47. The van der Waals surface area contributed by atoms with Gasteiger partial charge in [0.05, 0.1) is 19.4 Å². The van der Waals surface area contributed by atoms with Crippen LogP contribution in [-0.2, 0) is 9.57 Å². The number of amides is 1. The minimum atomic E-state index is -1.14. The quantitative estimate of drug-likeness (QED) is 0.615. The van der Waals surface area contributed by atoms with Crippen molar-refractivity contribution < 1.29 is 24.6 Å². The van der Waals surface area contributed by atoms with Gasteiger partial charge in [-0.05, 0) is 51.2 Å². The van der Waals surface area contributed by atoms with E-state index in [0.717, 1.165) is 24.1 Å². The van der Waals surface area contributed by atoms with E-state index in [1.165, 1.54) is 12.2 Å². The molecule has 1 aliphatic heterocycles. The predicted octanol–water partition coefficient (Wildman–Crippen LogP) is 2.48. The van der Waals surface area contributed by atoms with Crippen LogP contribution in [0.2, 0.25) is 0 Å². The van der Waals surface area contributed by atoms with Crippen molar-refractivity contribution in [2.24, 2.45) is 0 Å². The highest BCUT2D eigenvalue weighted by atomic mass is 16.7. The number of nitrogens with zero attached hydrogens (tertiary/aromatic N) is 2. The number of hydrogen-bond donors (Lipinski definition) is 2. The van der Waals surface area contributed by atoms with E-state index >= 15 is 0 Å². The minimum absolute atomic E-state index is 0.230. The molecule has 1 amide bonds. The lowest BCUT2D eigenvalue weighted by atomic mass is 9.88. The van der Waals surface area contributed by atoms with Crippen molar-refractivity contribution in [1.29, 1.82) is 0 Å². The number of aliphatic hydroxyl groups excluding tert-OH is 2. The zero-order chi connectivity index (χ0) is 19.3. The molecule has 26 heavy (non-hydrogen) atoms. The Hall–Kier alpha value is -1.83. The summed E-state index contributed by atoms with van der Waals surface area (Å²) >= 11 is 0. The maximum Gasteiger partial charge on any atom is 0.410 e. The largest absolute Gasteiger partial charge is 0.444 e. The minimum Gasteiger partial charge on any atom is -0.444 e. The first kappa shape index (κ1) is 20.5. The molecule has 1 saturated heterocycles. The van der Waals surface area contributed by atoms with Crippen LogP contribution in [0.4, 0.5) is 10.5 Å². The van der Waals surface area contributed by atoms with E-state index in [1.54, 1.807) is 4.90 Å². The first-order chi connectivity index (χ1) is 12.3. The van der Waals surface area contributed by atoms with Crippen molar-refractivity contribution in [3.63, 3.8) is 0 Å². The molecule has 0 saturated carbocycles. The van der Waals surface area contributed by atoms with E-state index in [0.29, 0.717) is 13.1 Å². The molecule has 7 heteroatoms. The summed E-state index contributed by atoms with van der Waals surface area (Å²) in [5, 5.41) is 20.6. The molecule has 0 aliphatic carbocycles. The number of hydroxylamine groups is 1. The number of para-hydroxylation sites is 1. The molecule has 2 N–H and O–H groups in total. The van der Waals surface area contributed by atoms with Crippen LogP contribution in [0.3, 0.4) is 0 Å². The van der Waals surface area contributed by atoms with Crippen LogP contribution in [0.5, 0.6) is 0 Å². The summed E-state index contributed by atoms with van der Waals surface area (Å²) in [6, 6.07) is 7.67. The van der Waals surface area contributed by atoms with Gasteiger partial charge in [-0.3, -0.25) is 4.84 Å². The highest BCUT2D eigenvalue weighted by Crippen LogP contribution is 2.35. The van der Waals surface area contributed by atoms with Crippen molar-refractivity contribution in [1.82, 2.24) is 4.90 Å². The zero-order valence-corrected chi connectivity index (χ0v) is 16.0. The molecular weight excluding hydrogens is 336 g/mol. The third kappa shape index (κ3) is 5.09. The van der Waals surface area contributed by atoms with Gasteiger partial charge in [0.15, 0.2) is 6.23 Å². The molecule has 7 nitrogen and oxygen atoms in total. The number of anilines is 1. The van der Waals surface area contributed by atoms with Crippen LogP contribution in [0.25, 0.3) is 0 Å². The van der Waals surface area contributed by atoms with Crippen LogP contribution in [0.15, 0.2) is 24.3 Å². The lowest BCUT2D eigenvalue weighted by Crippen LogP contribution is -2.42. The van der Waals surface area contributed by atoms with Crippen LogP contribution >= 0.6 is 0 Å². The Labute approximate surface area is 155 Å². The fourth-order valence-corrected chi connectivity index (χ4v) is 3.19. The Morgan fingerprint density at radius 3 is 2.46 bits per heavy atom. The summed E-state index contributed by atoms with van der Waals surface area (Å²) in [6.07, 6.45) is 0.174. The van der Waals surface area contributed by atoms with Crippen LogP contribution in [-0.4, -0.2) is 59.8 Å². The van der Waals surface area contributed by atoms with Crippen LogP contribution < -0.4 is 5.06 Å². The van der Waals surface area contributed by atoms with Gasteiger partial charge in [-0.15, -0.1) is 0 Å². The Balaban J connectivity index is 2.09. The summed E-state index contributed by atoms with van der Waals surface area (Å²) in [5.74, 6) is 0.230. The second kappa shape index (κ2) is 8.70. The smallest absolute Gasteiger partial charge is 0.410 e. The number of carbonyl (C=O) groups is 1. The standard InChI is InChI=1S/C19H30N2O5/c1-19(2,3)26-18(24)20-11-9-14(10-12-20)15-7-5-6-8-16(15)21(25-4)17(23)13-22/h5-8,14,17,22-23H,9-13H2,1-4H3. The number of aliphatic hydroxyl groups is 2. The third-order valence-electron chi connectivity index (χ3n) is 4.39. The van der Waals surface area contributed by atoms with Crippen molar-refractivity contribution >= 4 is 11.8 Å². The molecule has 146 valence electrons. The van der Waals surface area contributed by atoms with Crippen molar-refractivity contribution in [2.75, 3.05) is 31.9 Å². The van der Waals surface area contributed by atoms with E-state index in [4.69, 9.17) is 9.57 Å². The number of hydrogen-bond acceptors (Lipinski definition) is 6. The molecular formula is C19H30N2O5. The maximum atomic E-state index is 12.2. The summed E-state index contributed by atoms with van der Waals surface area (Å²) in [4.78, 5) is 19.2. The predicted molar refractivity (Wildman–Crippen MR) is 98.8 cm³/mol. The fraction of sp³-hybridized carbons (Fsp3) is 0.632. The molecule has 1 aliphatic rings. The lowest BCUT2D eigenvalue weighted by molar-refractivity contribution is 0.000905. The average Bonchev–Trinajstić information content (AvgIpc) is 2.61. The first-order valence-corrected chi connectivity index (χ1v) is 8.96. The summed E-state index contributed by atoms with van der Waals surface area (Å²) in [7, 11) is 1.46. The number of likely N-dealkylation sites (tertiary alicyclic amines) is 1. The van der Waals surface area contributed by atoms with E-state index in [2.05, 4.69) is 0 Å². The van der Waals surface area contributed by atoms with Crippen LogP contribution in [0, 0.1) is 0 Å². The van der Waals surface area contributed by atoms with Crippen molar-refractivity contribution in [3.8, 4) is 0 Å². The fourth-order valence-electron chi connectivity index (χ4n) is 3.19. The first-order valence-electron chi connectivity index (χ1n) is 8.96. The van der Waals surface area contributed by atoms with Crippen LogP contribution in [0.1, 0.15) is 45.1 Å². The topological polar surface area (TPSA) is 82.5 Å². The Bertz CT molecular complexity index is 594. The third-order valence-corrected chi connectivity index (χ3v) is 4.39. The second-order valence-electron chi connectivity index (χ2n) is 7.47. The van der Waals surface area contributed by atoms with Gasteiger partial charge in [-0.25, -0.2) is 9.86 Å². The molecule has 1 atom stereocenters. The molecule has 1 heterocycles. The van der Waals surface area contributed by atoms with Gasteiger partial charge >= 0.3 is 6.09 Å². The lowest BCUT2D eigenvalue weighted by Gasteiger charge is -2.35. The molecule has 1 fully saturated rings. The molecule has 0 bridgehead atoms. The highest BCUT2D eigenvalue weighted by molar-refractivity contribution is 5.68. The van der Waals surface area contributed by atoms with Gasteiger partial charge in [-0.1, -0.05) is 18.2 Å². The van der Waals surface area contributed by atoms with Gasteiger partial charge in [0.25, 0.3) is 0 Å². The summed E-state index contributed by atoms with van der Waals surface area (Å²) < 4.78 is 5.44. The number of ether oxygens (including phenoxy) is 1. The molecule has 1 unspecified atom stereocenters. The van der Waals surface area contributed by atoms with Gasteiger partial charge < -0.3 is 19.8 Å². The molecule has 0 spiro atoms. The van der Waals surface area contributed by atoms with Crippen molar-refractivity contribution in [2.45, 2.75) is 51.4 Å². The summed E-state index contributed by atoms with van der Waals surface area (Å²) in [6.45, 7) is 6.38. The summed E-state index contributed by atoms with van der Waals surface area (Å²) in [5.41, 5.74) is 1.26. The Kier molecular flexibility index (Phi) is 6.86. The molecule has 0 radical (unpaired) electrons. The van der Waals surface area contributed by atoms with Gasteiger partial charge in [0.2, 0.25) is 0 Å². The molecule has 1 aromatic rings. The molecule has 2 rings (SSSR count). The van der Waals surface area contributed by atoms with E-state index in [9.17, 15) is 15.0 Å². The Morgan fingerprint density at radius 1 is 1.31 bits per heavy atom. The van der Waals surface area contributed by atoms with Gasteiger partial charge in [0.1, 0.15) is 5.60 Å². The molecule has 0 aromatic heterocycles. The monoisotopic (exact) mass is 366 g/mol. The highest BCUT2D eigenvalue weighted by Gasteiger charge is 2.29. The number of benzene rings is 1. The van der Waals surface area contributed by atoms with E-state index in [1.807, 2.05) is 45.0 Å². The number of rotatable bonds is 5. The normalized spacial score (nSPS) is 17.1. The number of piperidine rings is 1. The average molecular weight is 366 g/mol. The SMILES string of the molecule is CON(c1ccccc1C1CCN(C(=O)OC(C)(C)C)CC1)C(O)CO.